The fraction of sp³-hybridized carbons (Fsp3) is 0.292. The van der Waals surface area contributed by atoms with Crippen LogP contribution in [0.15, 0.2) is 105 Å². The van der Waals surface area contributed by atoms with Crippen LogP contribution in [0, 0.1) is 0 Å². The average Bonchev–Trinajstić information content (AvgIpc) is 3.94. The van der Waals surface area contributed by atoms with E-state index >= 15 is 0 Å². The van der Waals surface area contributed by atoms with Crippen LogP contribution in [0.2, 0.25) is 0 Å². The minimum absolute atomic E-state index is 0.0451. The minimum Gasteiger partial charge on any atom is -0.490 e. The number of aromatic nitrogens is 2. The maximum atomic E-state index is 13.2. The van der Waals surface area contributed by atoms with Crippen LogP contribution >= 0.6 is 34.9 Å². The summed E-state index contributed by atoms with van der Waals surface area (Å²) in [6, 6.07) is 24.8. The van der Waals surface area contributed by atoms with Crippen molar-refractivity contribution in [1.29, 1.82) is 0 Å². The maximum Gasteiger partial charge on any atom is 0.197 e. The number of carbonyl (C=O) groups excluding carboxylic acids is 4. The highest BCUT2D eigenvalue weighted by Gasteiger charge is 2.34. The van der Waals surface area contributed by atoms with Gasteiger partial charge in [0.25, 0.3) is 0 Å². The lowest BCUT2D eigenvalue weighted by Crippen LogP contribution is -2.23. The minimum atomic E-state index is -0.883. The Morgan fingerprint density at radius 2 is 0.921 bits per heavy atom. The molecule has 1 heterocycles. The van der Waals surface area contributed by atoms with Crippen molar-refractivity contribution in [2.75, 3.05) is 60.7 Å². The third-order valence-electron chi connectivity index (χ3n) is 10.7. The fourth-order valence-corrected chi connectivity index (χ4v) is 10.2. The van der Waals surface area contributed by atoms with E-state index in [1.807, 2.05) is 36.4 Å². The zero-order valence-electron chi connectivity index (χ0n) is 35.4. The molecule has 0 radical (unpaired) electrons. The van der Waals surface area contributed by atoms with Crippen molar-refractivity contribution in [3.63, 3.8) is 0 Å². The molecule has 0 saturated heterocycles. The Labute approximate surface area is 379 Å². The Kier molecular flexibility index (Phi) is 15.0. The van der Waals surface area contributed by atoms with Crippen LogP contribution in [0.4, 0.5) is 11.4 Å². The molecule has 0 amide bonds. The van der Waals surface area contributed by atoms with Gasteiger partial charge < -0.3 is 29.5 Å². The second-order valence-electron chi connectivity index (χ2n) is 14.7. The molecule has 2 unspecified atom stereocenters. The quantitative estimate of drug-likeness (QED) is 0.0437. The number of allylic oxidation sites excluding steroid dienone is 2. The van der Waals surface area contributed by atoms with E-state index in [0.29, 0.717) is 53.6 Å². The number of aliphatic hydroxyl groups is 2. The molecule has 2 N–H and O–H groups in total. The van der Waals surface area contributed by atoms with Crippen molar-refractivity contribution in [3.05, 3.63) is 129 Å². The van der Waals surface area contributed by atoms with Crippen molar-refractivity contribution >= 4 is 81.5 Å². The summed E-state index contributed by atoms with van der Waals surface area (Å²) in [4.78, 5) is 56.9. The van der Waals surface area contributed by atoms with Gasteiger partial charge in [-0.3, -0.25) is 19.2 Å². The molecule has 0 fully saturated rings. The smallest absolute Gasteiger partial charge is 0.197 e. The lowest BCUT2D eigenvalue weighted by Gasteiger charge is -2.23. The van der Waals surface area contributed by atoms with Crippen molar-refractivity contribution < 1.29 is 38.9 Å². The molecule has 7 rings (SSSR count). The summed E-state index contributed by atoms with van der Waals surface area (Å²) in [5.74, 6) is 0.116. The van der Waals surface area contributed by atoms with E-state index < -0.39 is 12.2 Å². The fourth-order valence-electron chi connectivity index (χ4n) is 7.34. The van der Waals surface area contributed by atoms with Crippen LogP contribution in [0.3, 0.4) is 0 Å². The van der Waals surface area contributed by atoms with Gasteiger partial charge in [-0.1, -0.05) is 83.4 Å². The van der Waals surface area contributed by atoms with Crippen molar-refractivity contribution in [1.82, 2.24) is 10.2 Å². The van der Waals surface area contributed by atoms with Gasteiger partial charge in [-0.25, -0.2) is 0 Å². The van der Waals surface area contributed by atoms with Crippen LogP contribution in [0.25, 0.3) is 12.2 Å². The normalized spacial score (nSPS) is 14.1. The molecule has 2 aliphatic rings. The molecule has 5 aromatic rings. The number of hydrogen-bond donors (Lipinski definition) is 2. The molecule has 1 aromatic heterocycles. The topological polar surface area (TPSA) is 159 Å². The first-order valence-corrected chi connectivity index (χ1v) is 23.6. The van der Waals surface area contributed by atoms with E-state index in [1.54, 1.807) is 60.7 Å². The highest BCUT2D eigenvalue weighted by atomic mass is 32.2. The van der Waals surface area contributed by atoms with E-state index in [1.165, 1.54) is 34.9 Å². The van der Waals surface area contributed by atoms with Crippen molar-refractivity contribution in [3.8, 4) is 11.5 Å². The number of benzene rings is 4. The summed E-state index contributed by atoms with van der Waals surface area (Å²) in [5, 5.41) is 30.5. The number of ether oxygens (including phenoxy) is 2. The highest BCUT2D eigenvalue weighted by molar-refractivity contribution is 8.03. The molecular formula is C48H48N4O8S3. The average molecular weight is 905 g/mol. The van der Waals surface area contributed by atoms with Gasteiger partial charge in [0.2, 0.25) is 0 Å². The first kappa shape index (κ1) is 45.4. The summed E-state index contributed by atoms with van der Waals surface area (Å²) in [7, 11) is 0. The van der Waals surface area contributed by atoms with Crippen LogP contribution in [0.5, 0.6) is 11.5 Å². The molecule has 15 heteroatoms. The predicted octanol–water partition coefficient (Wildman–Crippen LogP) is 8.22. The van der Waals surface area contributed by atoms with E-state index in [0.717, 1.165) is 37.6 Å². The lowest BCUT2D eigenvalue weighted by atomic mass is 10.1. The van der Waals surface area contributed by atoms with Crippen LogP contribution in [-0.2, 0) is 0 Å². The largest absolute Gasteiger partial charge is 0.490 e. The molecule has 12 nitrogen and oxygen atoms in total. The number of Topliss-reactive ketones (excluding diaryl/α,β-unsaturated/α-hetero) is 4. The van der Waals surface area contributed by atoms with Gasteiger partial charge in [0.15, 0.2) is 31.8 Å². The molecule has 0 spiro atoms. The van der Waals surface area contributed by atoms with Gasteiger partial charge in [-0.2, -0.15) is 0 Å². The Morgan fingerprint density at radius 1 is 0.571 bits per heavy atom. The molecule has 4 aromatic carbocycles. The standard InChI is InChI=1S/C48H48N4O8S3/c1-5-51(6-2)31-19-17-29(21-39-43(55)35-13-9-10-14-36(35)44(39)56)41(23-31)59-25-33(53)27-61-47-49-50-48(63-47)62-28-34(54)26-60-42-24-32(52(7-3)8-4)20-18-30(42)22-40-45(57)37-15-11-12-16-38(37)46(40)58/h9-24,33-34,53-54H,5-8,25-28H2,1-4H3. The molecule has 326 valence electrons. The zero-order chi connectivity index (χ0) is 44.6. The SMILES string of the molecule is CCN(CC)c1ccc(C=C2C(=O)c3ccccc3C2=O)c(OCC(O)CSc2nnc(SCC(O)COc3cc(N(CC)CC)ccc3C=C3C(=O)c4ccccc4C3=O)s2)c1. The van der Waals surface area contributed by atoms with E-state index in [2.05, 4.69) is 47.7 Å². The number of ketones is 4. The number of fused-ring (bicyclic) bond motifs is 2. The van der Waals surface area contributed by atoms with Crippen LogP contribution < -0.4 is 19.3 Å². The number of thioether (sulfide) groups is 2. The Balaban J connectivity index is 0.944. The van der Waals surface area contributed by atoms with E-state index in [9.17, 15) is 29.4 Å². The second-order valence-corrected chi connectivity index (χ2v) is 18.2. The summed E-state index contributed by atoms with van der Waals surface area (Å²) in [6.45, 7) is 11.2. The Morgan fingerprint density at radius 3 is 1.25 bits per heavy atom. The molecule has 2 aliphatic carbocycles. The lowest BCUT2D eigenvalue weighted by molar-refractivity contribution is 0.0975. The highest BCUT2D eigenvalue weighted by Crippen LogP contribution is 2.35. The summed E-state index contributed by atoms with van der Waals surface area (Å²) < 4.78 is 13.6. The number of nitrogens with zero attached hydrogens (tertiary/aromatic N) is 4. The third kappa shape index (κ3) is 10.3. The van der Waals surface area contributed by atoms with Gasteiger partial charge in [0.05, 0.1) is 23.4 Å². The van der Waals surface area contributed by atoms with Crippen LogP contribution in [-0.4, -0.2) is 107 Å². The molecule has 2 atom stereocenters. The predicted molar refractivity (Wildman–Crippen MR) is 251 cm³/mol. The van der Waals surface area contributed by atoms with Crippen molar-refractivity contribution in [2.45, 2.75) is 48.6 Å². The number of aliphatic hydroxyl groups excluding tert-OH is 2. The van der Waals surface area contributed by atoms with Gasteiger partial charge in [-0.05, 0) is 64.1 Å². The van der Waals surface area contributed by atoms with Gasteiger partial charge >= 0.3 is 0 Å². The third-order valence-corrected chi connectivity index (χ3v) is 14.2. The van der Waals surface area contributed by atoms with Crippen LogP contribution in [0.1, 0.15) is 80.3 Å². The molecule has 0 aliphatic heterocycles. The number of rotatable bonds is 20. The number of carbonyl (C=O) groups is 4. The first-order valence-electron chi connectivity index (χ1n) is 20.8. The molecule has 63 heavy (non-hydrogen) atoms. The molecular weight excluding hydrogens is 857 g/mol. The molecule has 0 saturated carbocycles. The first-order chi connectivity index (χ1) is 30.5. The summed E-state index contributed by atoms with van der Waals surface area (Å²) in [5.41, 5.74) is 4.62. The number of anilines is 2. The Bertz CT molecular complexity index is 2330. The van der Waals surface area contributed by atoms with E-state index in [-0.39, 0.29) is 59.0 Å². The van der Waals surface area contributed by atoms with E-state index in [4.69, 9.17) is 9.47 Å². The zero-order valence-corrected chi connectivity index (χ0v) is 37.9. The van der Waals surface area contributed by atoms with Gasteiger partial charge in [0, 0.05) is 94.6 Å². The second kappa shape index (κ2) is 20.7. The summed E-state index contributed by atoms with van der Waals surface area (Å²) in [6.07, 6.45) is 1.37. The Hall–Kier alpha value is -5.58. The monoisotopic (exact) mass is 904 g/mol. The van der Waals surface area contributed by atoms with Gasteiger partial charge in [-0.15, -0.1) is 10.2 Å². The summed E-state index contributed by atoms with van der Waals surface area (Å²) >= 11 is 4.00. The van der Waals surface area contributed by atoms with Crippen molar-refractivity contribution in [2.24, 2.45) is 0 Å². The molecule has 0 bridgehead atoms. The number of hydrogen-bond acceptors (Lipinski definition) is 15. The van der Waals surface area contributed by atoms with Gasteiger partial charge in [0.1, 0.15) is 24.7 Å². The maximum absolute atomic E-state index is 13.2.